The molecule has 0 unspecified atom stereocenters. The number of nitrogens with zero attached hydrogens (tertiary/aromatic N) is 3. The summed E-state index contributed by atoms with van der Waals surface area (Å²) >= 11 is 1.55. The number of nitrogens with one attached hydrogen (secondary N) is 1. The van der Waals surface area contributed by atoms with Gasteiger partial charge in [-0.3, -0.25) is 4.79 Å². The molecule has 0 aliphatic carbocycles. The first-order chi connectivity index (χ1) is 15.1. The molecular formula is C23H28N4O3S. The summed E-state index contributed by atoms with van der Waals surface area (Å²) in [4.78, 5) is 12.7. The van der Waals surface area contributed by atoms with Gasteiger partial charge in [0, 0.05) is 29.7 Å². The van der Waals surface area contributed by atoms with Crippen molar-refractivity contribution in [2.45, 2.75) is 43.3 Å². The highest BCUT2D eigenvalue weighted by atomic mass is 32.2. The van der Waals surface area contributed by atoms with E-state index in [0.29, 0.717) is 19.8 Å². The maximum absolute atomic E-state index is 11.6. The topological polar surface area (TPSA) is 78.3 Å². The van der Waals surface area contributed by atoms with Crippen molar-refractivity contribution in [3.05, 3.63) is 59.9 Å². The molecule has 0 bridgehead atoms. The summed E-state index contributed by atoms with van der Waals surface area (Å²) in [5.74, 6) is 0.653. The number of benzene rings is 2. The molecule has 7 nitrogen and oxygen atoms in total. The van der Waals surface area contributed by atoms with Crippen LogP contribution in [0.15, 0.2) is 58.8 Å². The van der Waals surface area contributed by atoms with Crippen LogP contribution in [-0.2, 0) is 29.5 Å². The SMILES string of the molecule is CCCOc1cc(Sc2nncn2C)ccc1CNc1ccc(CC(=O)OCC)cc1. The summed E-state index contributed by atoms with van der Waals surface area (Å²) in [7, 11) is 1.92. The predicted molar refractivity (Wildman–Crippen MR) is 121 cm³/mol. The molecule has 8 heteroatoms. The molecule has 0 saturated heterocycles. The van der Waals surface area contributed by atoms with Crippen molar-refractivity contribution >= 4 is 23.4 Å². The molecule has 2 aromatic carbocycles. The Balaban J connectivity index is 1.65. The van der Waals surface area contributed by atoms with E-state index in [-0.39, 0.29) is 12.4 Å². The van der Waals surface area contributed by atoms with Crippen LogP contribution in [0.3, 0.4) is 0 Å². The van der Waals surface area contributed by atoms with Crippen LogP contribution in [0.25, 0.3) is 0 Å². The van der Waals surface area contributed by atoms with Gasteiger partial charge in [0.15, 0.2) is 5.16 Å². The summed E-state index contributed by atoms with van der Waals surface area (Å²) in [6, 6.07) is 14.0. The molecule has 3 aromatic rings. The molecule has 1 N–H and O–H groups in total. The number of aryl methyl sites for hydroxylation is 1. The molecule has 0 amide bonds. The van der Waals surface area contributed by atoms with E-state index < -0.39 is 0 Å². The lowest BCUT2D eigenvalue weighted by Gasteiger charge is -2.14. The zero-order chi connectivity index (χ0) is 22.1. The molecule has 31 heavy (non-hydrogen) atoms. The van der Waals surface area contributed by atoms with Crippen LogP contribution in [-0.4, -0.2) is 33.9 Å². The smallest absolute Gasteiger partial charge is 0.310 e. The molecule has 0 aliphatic rings. The van der Waals surface area contributed by atoms with Crippen LogP contribution in [0.2, 0.25) is 0 Å². The number of aromatic nitrogens is 3. The summed E-state index contributed by atoms with van der Waals surface area (Å²) in [6.07, 6.45) is 2.91. The van der Waals surface area contributed by atoms with Gasteiger partial charge in [-0.25, -0.2) is 0 Å². The van der Waals surface area contributed by atoms with Gasteiger partial charge >= 0.3 is 5.97 Å². The highest BCUT2D eigenvalue weighted by Gasteiger charge is 2.10. The highest BCUT2D eigenvalue weighted by molar-refractivity contribution is 7.99. The van der Waals surface area contributed by atoms with Crippen molar-refractivity contribution in [2.24, 2.45) is 7.05 Å². The van der Waals surface area contributed by atoms with Gasteiger partial charge in [-0.05, 0) is 54.9 Å². The molecule has 0 radical (unpaired) electrons. The molecule has 1 heterocycles. The molecule has 0 spiro atoms. The van der Waals surface area contributed by atoms with Crippen LogP contribution in [0.1, 0.15) is 31.4 Å². The molecule has 0 atom stereocenters. The Hall–Kier alpha value is -3.00. The Bertz CT molecular complexity index is 989. The van der Waals surface area contributed by atoms with Gasteiger partial charge < -0.3 is 19.4 Å². The average molecular weight is 441 g/mol. The highest BCUT2D eigenvalue weighted by Crippen LogP contribution is 2.31. The van der Waals surface area contributed by atoms with Crippen LogP contribution in [0.5, 0.6) is 5.75 Å². The van der Waals surface area contributed by atoms with E-state index in [0.717, 1.165) is 39.0 Å². The lowest BCUT2D eigenvalue weighted by molar-refractivity contribution is -0.142. The fourth-order valence-electron chi connectivity index (χ4n) is 2.88. The number of esters is 1. The molecular weight excluding hydrogens is 412 g/mol. The van der Waals surface area contributed by atoms with E-state index in [9.17, 15) is 4.79 Å². The third kappa shape index (κ3) is 6.75. The Kier molecular flexibility index (Phi) is 8.35. The van der Waals surface area contributed by atoms with Gasteiger partial charge in [-0.15, -0.1) is 10.2 Å². The number of hydrogen-bond acceptors (Lipinski definition) is 7. The molecule has 0 fully saturated rings. The Labute approximate surface area is 187 Å². The molecule has 0 aliphatic heterocycles. The summed E-state index contributed by atoms with van der Waals surface area (Å²) in [6.45, 7) is 5.59. The quantitative estimate of drug-likeness (QED) is 0.441. The standard InChI is InChI=1S/C23H28N4O3S/c1-4-12-30-21-14-20(31-23-26-25-16-27(23)3)11-8-18(21)15-24-19-9-6-17(7-10-19)13-22(28)29-5-2/h6-11,14,16,24H,4-5,12-13,15H2,1-3H3. The van der Waals surface area contributed by atoms with Crippen LogP contribution >= 0.6 is 11.8 Å². The fraction of sp³-hybridized carbons (Fsp3) is 0.348. The van der Waals surface area contributed by atoms with Crippen molar-refractivity contribution < 1.29 is 14.3 Å². The second-order valence-corrected chi connectivity index (χ2v) is 8.02. The second-order valence-electron chi connectivity index (χ2n) is 6.98. The Morgan fingerprint density at radius 2 is 1.97 bits per heavy atom. The first-order valence-corrected chi connectivity index (χ1v) is 11.2. The zero-order valence-electron chi connectivity index (χ0n) is 18.1. The van der Waals surface area contributed by atoms with Gasteiger partial charge in [0.05, 0.1) is 19.6 Å². The largest absolute Gasteiger partial charge is 0.493 e. The van der Waals surface area contributed by atoms with Crippen LogP contribution < -0.4 is 10.1 Å². The van der Waals surface area contributed by atoms with E-state index in [1.165, 1.54) is 0 Å². The number of carbonyl (C=O) groups is 1. The van der Waals surface area contributed by atoms with Crippen LogP contribution in [0, 0.1) is 0 Å². The monoisotopic (exact) mass is 440 g/mol. The average Bonchev–Trinajstić information content (AvgIpc) is 3.17. The van der Waals surface area contributed by atoms with Gasteiger partial charge in [0.25, 0.3) is 0 Å². The number of anilines is 1. The van der Waals surface area contributed by atoms with E-state index >= 15 is 0 Å². The van der Waals surface area contributed by atoms with Gasteiger partial charge in [-0.2, -0.15) is 0 Å². The van der Waals surface area contributed by atoms with Crippen molar-refractivity contribution in [2.75, 3.05) is 18.5 Å². The first-order valence-electron chi connectivity index (χ1n) is 10.3. The minimum atomic E-state index is -0.208. The molecule has 1 aromatic heterocycles. The fourth-order valence-corrected chi connectivity index (χ4v) is 3.67. The van der Waals surface area contributed by atoms with E-state index in [1.54, 1.807) is 18.1 Å². The van der Waals surface area contributed by atoms with E-state index in [4.69, 9.17) is 9.47 Å². The van der Waals surface area contributed by atoms with Crippen molar-refractivity contribution in [1.82, 2.24) is 14.8 Å². The van der Waals surface area contributed by atoms with Gasteiger partial charge in [0.2, 0.25) is 0 Å². The number of carbonyl (C=O) groups excluding carboxylic acids is 1. The minimum absolute atomic E-state index is 0.208. The number of ether oxygens (including phenoxy) is 2. The molecule has 0 saturated carbocycles. The normalized spacial score (nSPS) is 10.7. The van der Waals surface area contributed by atoms with Gasteiger partial charge in [0.1, 0.15) is 12.1 Å². The van der Waals surface area contributed by atoms with Gasteiger partial charge in [-0.1, -0.05) is 25.1 Å². The molecule has 3 rings (SSSR count). The first kappa shape index (κ1) is 22.7. The second kappa shape index (κ2) is 11.4. The molecule has 164 valence electrons. The summed E-state index contributed by atoms with van der Waals surface area (Å²) in [5, 5.41) is 12.3. The van der Waals surface area contributed by atoms with E-state index in [1.807, 2.05) is 42.8 Å². The van der Waals surface area contributed by atoms with Crippen molar-refractivity contribution in [3.8, 4) is 5.75 Å². The summed E-state index contributed by atoms with van der Waals surface area (Å²) < 4.78 is 12.9. The van der Waals surface area contributed by atoms with Crippen molar-refractivity contribution in [1.29, 1.82) is 0 Å². The lowest BCUT2D eigenvalue weighted by Crippen LogP contribution is -2.07. The predicted octanol–water partition coefficient (Wildman–Crippen LogP) is 4.47. The number of rotatable bonds is 11. The maximum atomic E-state index is 11.6. The van der Waals surface area contributed by atoms with E-state index in [2.05, 4.69) is 40.6 Å². The third-order valence-corrected chi connectivity index (χ3v) is 5.51. The maximum Gasteiger partial charge on any atom is 0.310 e. The Morgan fingerprint density at radius 1 is 1.16 bits per heavy atom. The number of hydrogen-bond donors (Lipinski definition) is 1. The zero-order valence-corrected chi connectivity index (χ0v) is 18.9. The van der Waals surface area contributed by atoms with Crippen LogP contribution in [0.4, 0.5) is 5.69 Å². The van der Waals surface area contributed by atoms with Crippen molar-refractivity contribution in [3.63, 3.8) is 0 Å². The summed E-state index contributed by atoms with van der Waals surface area (Å²) in [5.41, 5.74) is 2.99. The Morgan fingerprint density at radius 3 is 2.65 bits per heavy atom. The third-order valence-electron chi connectivity index (χ3n) is 4.47. The minimum Gasteiger partial charge on any atom is -0.493 e. The lowest BCUT2D eigenvalue weighted by atomic mass is 10.1.